The number of ether oxygens (including phenoxy) is 1. The van der Waals surface area contributed by atoms with Crippen molar-refractivity contribution in [3.05, 3.63) is 83.7 Å². The molecule has 7 nitrogen and oxygen atoms in total. The largest absolute Gasteiger partial charge is 0.378 e. The third kappa shape index (κ3) is 6.26. The van der Waals surface area contributed by atoms with Gasteiger partial charge in [0.05, 0.1) is 24.5 Å². The Balaban J connectivity index is 1.61. The number of nitrogens with zero attached hydrogens (tertiary/aromatic N) is 1. The summed E-state index contributed by atoms with van der Waals surface area (Å²) in [6, 6.07) is 18.2. The number of primary amides is 1. The van der Waals surface area contributed by atoms with Gasteiger partial charge in [-0.15, -0.1) is 0 Å². The monoisotopic (exact) mass is 421 g/mol. The van der Waals surface area contributed by atoms with Crippen LogP contribution in [-0.4, -0.2) is 32.2 Å². The molecule has 5 N–H and O–H groups in total. The van der Waals surface area contributed by atoms with Crippen LogP contribution >= 0.6 is 0 Å². The molecule has 0 spiro atoms. The molecule has 164 valence electrons. The quantitative estimate of drug-likeness (QED) is 0.283. The maximum atomic E-state index is 12.1. The highest BCUT2D eigenvalue weighted by atomic mass is 16.5. The first-order valence-electron chi connectivity index (χ1n) is 10.5. The number of carbonyl (C=O) groups excluding carboxylic acids is 1. The van der Waals surface area contributed by atoms with Crippen molar-refractivity contribution in [2.75, 3.05) is 36.6 Å². The Hall–Kier alpha value is -3.45. The number of anilines is 2. The number of rotatable bonds is 9. The average Bonchev–Trinajstić information content (AvgIpc) is 2.82. The van der Waals surface area contributed by atoms with E-state index in [0.29, 0.717) is 11.3 Å². The topological polar surface area (TPSA) is 91.7 Å². The number of amides is 1. The summed E-state index contributed by atoms with van der Waals surface area (Å²) in [7, 11) is 0. The Bertz CT molecular complexity index is 903. The van der Waals surface area contributed by atoms with Crippen molar-refractivity contribution in [2.24, 2.45) is 5.73 Å². The molecule has 1 aliphatic rings. The first-order chi connectivity index (χ1) is 15.1. The van der Waals surface area contributed by atoms with Crippen LogP contribution in [0.2, 0.25) is 0 Å². The lowest BCUT2D eigenvalue weighted by atomic mass is 10.1. The van der Waals surface area contributed by atoms with Crippen molar-refractivity contribution in [2.45, 2.75) is 19.9 Å². The zero-order valence-electron chi connectivity index (χ0n) is 18.1. The standard InChI is InChI=1S/C24H31N5O2/c1-3-23(27-18(2)19-7-5-4-6-8-19)22(24(25)30)17-26-28-20-9-11-21(12-10-20)29-13-15-31-16-14-29/h3-12,17-18,26-28H,13-16H2,1-2H3,(H2,25,30)/b22-17+,23-3+. The first-order valence-corrected chi connectivity index (χ1v) is 10.5. The molecule has 7 heteroatoms. The number of nitrogens with two attached hydrogens (primary N) is 1. The Morgan fingerprint density at radius 1 is 1.10 bits per heavy atom. The van der Waals surface area contributed by atoms with Gasteiger partial charge in [-0.2, -0.15) is 0 Å². The smallest absolute Gasteiger partial charge is 0.252 e. The van der Waals surface area contributed by atoms with Crippen molar-refractivity contribution in [3.63, 3.8) is 0 Å². The van der Waals surface area contributed by atoms with Crippen LogP contribution < -0.4 is 26.8 Å². The molecule has 1 fully saturated rings. The van der Waals surface area contributed by atoms with Crippen LogP contribution in [0.15, 0.2) is 78.1 Å². The summed E-state index contributed by atoms with van der Waals surface area (Å²) < 4.78 is 5.40. The molecule has 0 saturated carbocycles. The summed E-state index contributed by atoms with van der Waals surface area (Å²) in [4.78, 5) is 14.4. The number of morpholine rings is 1. The van der Waals surface area contributed by atoms with E-state index in [-0.39, 0.29) is 6.04 Å². The zero-order chi connectivity index (χ0) is 22.1. The van der Waals surface area contributed by atoms with E-state index in [9.17, 15) is 4.79 Å². The van der Waals surface area contributed by atoms with E-state index in [1.807, 2.05) is 62.4 Å². The van der Waals surface area contributed by atoms with Gasteiger partial charge in [-0.1, -0.05) is 36.4 Å². The number of hydrogen-bond donors (Lipinski definition) is 4. The van der Waals surface area contributed by atoms with Gasteiger partial charge in [0.2, 0.25) is 0 Å². The second-order valence-electron chi connectivity index (χ2n) is 7.32. The summed E-state index contributed by atoms with van der Waals surface area (Å²) >= 11 is 0. The lowest BCUT2D eigenvalue weighted by Gasteiger charge is -2.28. The third-order valence-electron chi connectivity index (χ3n) is 5.19. The normalized spacial score (nSPS) is 15.9. The summed E-state index contributed by atoms with van der Waals surface area (Å²) in [5, 5.41) is 3.37. The Kier molecular flexibility index (Phi) is 7.95. The Morgan fingerprint density at radius 3 is 2.39 bits per heavy atom. The number of nitrogens with one attached hydrogen (secondary N) is 3. The van der Waals surface area contributed by atoms with Crippen LogP contribution in [0.4, 0.5) is 11.4 Å². The number of carbonyl (C=O) groups is 1. The van der Waals surface area contributed by atoms with Crippen molar-refractivity contribution < 1.29 is 9.53 Å². The number of hydrazine groups is 1. The molecule has 1 amide bonds. The fourth-order valence-corrected chi connectivity index (χ4v) is 3.43. The van der Waals surface area contributed by atoms with Gasteiger partial charge in [0.25, 0.3) is 5.91 Å². The molecule has 1 heterocycles. The summed E-state index contributed by atoms with van der Waals surface area (Å²) in [6.45, 7) is 7.22. The fourth-order valence-electron chi connectivity index (χ4n) is 3.43. The van der Waals surface area contributed by atoms with E-state index in [1.54, 1.807) is 6.20 Å². The Morgan fingerprint density at radius 2 is 1.77 bits per heavy atom. The van der Waals surface area contributed by atoms with Crippen LogP contribution in [-0.2, 0) is 9.53 Å². The van der Waals surface area contributed by atoms with Crippen LogP contribution in [0.1, 0.15) is 25.5 Å². The lowest BCUT2D eigenvalue weighted by molar-refractivity contribution is -0.114. The van der Waals surface area contributed by atoms with Gasteiger partial charge < -0.3 is 31.5 Å². The molecule has 31 heavy (non-hydrogen) atoms. The fraction of sp³-hybridized carbons (Fsp3) is 0.292. The number of benzene rings is 2. The van der Waals surface area contributed by atoms with Crippen molar-refractivity contribution in [3.8, 4) is 0 Å². The highest BCUT2D eigenvalue weighted by Crippen LogP contribution is 2.19. The first kappa shape index (κ1) is 22.2. The molecular weight excluding hydrogens is 390 g/mol. The van der Waals surface area contributed by atoms with Gasteiger partial charge in [0.1, 0.15) is 0 Å². The van der Waals surface area contributed by atoms with Crippen molar-refractivity contribution in [1.29, 1.82) is 0 Å². The highest BCUT2D eigenvalue weighted by molar-refractivity contribution is 5.96. The molecule has 2 aromatic rings. The van der Waals surface area contributed by atoms with Gasteiger partial charge in [0.15, 0.2) is 0 Å². The van der Waals surface area contributed by atoms with Crippen LogP contribution in [0.5, 0.6) is 0 Å². The molecule has 1 atom stereocenters. The van der Waals surface area contributed by atoms with Gasteiger partial charge in [-0.3, -0.25) is 4.79 Å². The second-order valence-corrected chi connectivity index (χ2v) is 7.32. The molecule has 1 unspecified atom stereocenters. The van der Waals surface area contributed by atoms with E-state index < -0.39 is 5.91 Å². The van der Waals surface area contributed by atoms with E-state index >= 15 is 0 Å². The minimum atomic E-state index is -0.516. The maximum Gasteiger partial charge on any atom is 0.252 e. The zero-order valence-corrected chi connectivity index (χ0v) is 18.1. The minimum Gasteiger partial charge on any atom is -0.378 e. The Labute approximate surface area is 183 Å². The van der Waals surface area contributed by atoms with E-state index in [1.165, 1.54) is 0 Å². The SMILES string of the molecule is C/C=C(NC(C)c1ccccc1)\C(=C/NNc1ccc(N2CCOCC2)cc1)C(N)=O. The molecular formula is C24H31N5O2. The molecule has 0 bridgehead atoms. The maximum absolute atomic E-state index is 12.1. The summed E-state index contributed by atoms with van der Waals surface area (Å²) in [6.07, 6.45) is 3.42. The van der Waals surface area contributed by atoms with Gasteiger partial charge in [-0.05, 0) is 43.7 Å². The number of hydrogen-bond acceptors (Lipinski definition) is 6. The van der Waals surface area contributed by atoms with Gasteiger partial charge in [-0.25, -0.2) is 0 Å². The molecule has 0 aliphatic carbocycles. The van der Waals surface area contributed by atoms with Crippen molar-refractivity contribution >= 4 is 17.3 Å². The molecule has 0 aromatic heterocycles. The molecule has 3 rings (SSSR count). The molecule has 1 aliphatic heterocycles. The van der Waals surface area contributed by atoms with Crippen LogP contribution in [0, 0.1) is 0 Å². The van der Waals surface area contributed by atoms with Gasteiger partial charge in [0, 0.05) is 36.7 Å². The minimum absolute atomic E-state index is 0.0239. The van der Waals surface area contributed by atoms with Crippen LogP contribution in [0.3, 0.4) is 0 Å². The predicted molar refractivity (Wildman–Crippen MR) is 125 cm³/mol. The summed E-state index contributed by atoms with van der Waals surface area (Å²) in [5.74, 6) is -0.516. The molecule has 0 radical (unpaired) electrons. The van der Waals surface area contributed by atoms with Crippen LogP contribution in [0.25, 0.3) is 0 Å². The van der Waals surface area contributed by atoms with Gasteiger partial charge >= 0.3 is 0 Å². The lowest BCUT2D eigenvalue weighted by Crippen LogP contribution is -2.36. The van der Waals surface area contributed by atoms with E-state index in [4.69, 9.17) is 10.5 Å². The van der Waals surface area contributed by atoms with E-state index in [0.717, 1.165) is 43.2 Å². The summed E-state index contributed by atoms with van der Waals surface area (Å²) in [5.41, 5.74) is 15.9. The van der Waals surface area contributed by atoms with E-state index in [2.05, 4.69) is 33.2 Å². The predicted octanol–water partition coefficient (Wildman–Crippen LogP) is 3.06. The second kappa shape index (κ2) is 11.1. The third-order valence-corrected chi connectivity index (χ3v) is 5.19. The van der Waals surface area contributed by atoms with Crippen molar-refractivity contribution in [1.82, 2.24) is 10.7 Å². The molecule has 2 aromatic carbocycles. The molecule has 1 saturated heterocycles. The average molecular weight is 422 g/mol. The highest BCUT2D eigenvalue weighted by Gasteiger charge is 2.14. The number of allylic oxidation sites excluding steroid dienone is 1.